The van der Waals surface area contributed by atoms with Gasteiger partial charge >= 0.3 is 0 Å². The number of fused-ring (bicyclic) bond motifs is 1. The van der Waals surface area contributed by atoms with Crippen LogP contribution in [0.1, 0.15) is 38.8 Å². The molecule has 86 valence electrons. The van der Waals surface area contributed by atoms with Crippen molar-refractivity contribution in [3.8, 4) is 0 Å². The van der Waals surface area contributed by atoms with Gasteiger partial charge in [-0.3, -0.25) is 4.99 Å². The summed E-state index contributed by atoms with van der Waals surface area (Å²) in [6, 6.07) is 6.75. The van der Waals surface area contributed by atoms with Crippen LogP contribution < -0.4 is 0 Å². The molecule has 0 aromatic heterocycles. The van der Waals surface area contributed by atoms with Gasteiger partial charge in [-0.05, 0) is 35.4 Å². The molecule has 1 aromatic carbocycles. The van der Waals surface area contributed by atoms with E-state index in [1.807, 2.05) is 0 Å². The largest absolute Gasteiger partial charge is 0.257 e. The zero-order valence-corrected chi connectivity index (χ0v) is 10.7. The van der Waals surface area contributed by atoms with Crippen LogP contribution in [0.3, 0.4) is 0 Å². The van der Waals surface area contributed by atoms with Crippen molar-refractivity contribution < 1.29 is 0 Å². The van der Waals surface area contributed by atoms with Gasteiger partial charge in [-0.25, -0.2) is 0 Å². The maximum absolute atomic E-state index is 4.69. The van der Waals surface area contributed by atoms with Crippen molar-refractivity contribution in [2.24, 2.45) is 16.8 Å². The fourth-order valence-electron chi connectivity index (χ4n) is 2.21. The SMILES string of the molecule is CC(C)Cc1ccc2c(c1)CC(C(C)C)=N2. The molecule has 0 amide bonds. The average molecular weight is 215 g/mol. The van der Waals surface area contributed by atoms with Crippen molar-refractivity contribution in [1.82, 2.24) is 0 Å². The van der Waals surface area contributed by atoms with E-state index in [4.69, 9.17) is 0 Å². The Morgan fingerprint density at radius 2 is 1.94 bits per heavy atom. The van der Waals surface area contributed by atoms with Gasteiger partial charge < -0.3 is 0 Å². The Balaban J connectivity index is 2.19. The molecule has 0 unspecified atom stereocenters. The number of rotatable bonds is 3. The fourth-order valence-corrected chi connectivity index (χ4v) is 2.21. The first-order chi connectivity index (χ1) is 7.56. The van der Waals surface area contributed by atoms with E-state index in [1.165, 1.54) is 28.9 Å². The Morgan fingerprint density at radius 1 is 1.19 bits per heavy atom. The molecule has 0 fully saturated rings. The van der Waals surface area contributed by atoms with E-state index in [9.17, 15) is 0 Å². The van der Waals surface area contributed by atoms with E-state index in [2.05, 4.69) is 50.9 Å². The molecule has 1 nitrogen and oxygen atoms in total. The minimum absolute atomic E-state index is 0.570. The molecule has 0 N–H and O–H groups in total. The van der Waals surface area contributed by atoms with Crippen molar-refractivity contribution in [3.63, 3.8) is 0 Å². The molecule has 1 aromatic rings. The van der Waals surface area contributed by atoms with Crippen LogP contribution in [0.15, 0.2) is 23.2 Å². The summed E-state index contributed by atoms with van der Waals surface area (Å²) < 4.78 is 0. The first kappa shape index (κ1) is 11.4. The molecule has 1 aliphatic heterocycles. The highest BCUT2D eigenvalue weighted by atomic mass is 14.8. The molecule has 16 heavy (non-hydrogen) atoms. The van der Waals surface area contributed by atoms with Gasteiger partial charge in [0.05, 0.1) is 5.69 Å². The third-order valence-corrected chi connectivity index (χ3v) is 3.09. The molecule has 0 saturated carbocycles. The zero-order valence-electron chi connectivity index (χ0n) is 10.7. The second-order valence-corrected chi connectivity index (χ2v) is 5.50. The van der Waals surface area contributed by atoms with Gasteiger partial charge in [0, 0.05) is 12.1 Å². The number of aliphatic imine (C=N–C) groups is 1. The number of hydrogen-bond donors (Lipinski definition) is 0. The van der Waals surface area contributed by atoms with Crippen LogP contribution in [0.4, 0.5) is 5.69 Å². The van der Waals surface area contributed by atoms with Crippen LogP contribution in [0.2, 0.25) is 0 Å². The minimum atomic E-state index is 0.570. The molecule has 2 rings (SSSR count). The van der Waals surface area contributed by atoms with E-state index in [0.29, 0.717) is 5.92 Å². The maximum Gasteiger partial charge on any atom is 0.0665 e. The normalized spacial score (nSPS) is 14.5. The van der Waals surface area contributed by atoms with Crippen molar-refractivity contribution >= 4 is 11.4 Å². The van der Waals surface area contributed by atoms with Crippen LogP contribution >= 0.6 is 0 Å². The molecule has 1 heterocycles. The van der Waals surface area contributed by atoms with E-state index in [1.54, 1.807) is 0 Å². The molecule has 1 heteroatoms. The van der Waals surface area contributed by atoms with E-state index in [-0.39, 0.29) is 0 Å². The summed E-state index contributed by atoms with van der Waals surface area (Å²) >= 11 is 0. The van der Waals surface area contributed by atoms with Gasteiger partial charge in [0.2, 0.25) is 0 Å². The second kappa shape index (κ2) is 4.40. The Bertz CT molecular complexity index is 413. The molecule has 0 bridgehead atoms. The van der Waals surface area contributed by atoms with Crippen molar-refractivity contribution in [1.29, 1.82) is 0 Å². The smallest absolute Gasteiger partial charge is 0.0665 e. The van der Waals surface area contributed by atoms with E-state index >= 15 is 0 Å². The van der Waals surface area contributed by atoms with Gasteiger partial charge in [-0.15, -0.1) is 0 Å². The molecule has 1 aliphatic rings. The highest BCUT2D eigenvalue weighted by molar-refractivity contribution is 5.95. The van der Waals surface area contributed by atoms with Gasteiger partial charge in [0.15, 0.2) is 0 Å². The van der Waals surface area contributed by atoms with Crippen LogP contribution in [0, 0.1) is 11.8 Å². The first-order valence-corrected chi connectivity index (χ1v) is 6.25. The predicted molar refractivity (Wildman–Crippen MR) is 70.6 cm³/mol. The van der Waals surface area contributed by atoms with Crippen LogP contribution in [0.5, 0.6) is 0 Å². The van der Waals surface area contributed by atoms with Gasteiger partial charge in [0.1, 0.15) is 0 Å². The summed E-state index contributed by atoms with van der Waals surface area (Å²) in [6.07, 6.45) is 2.23. The summed E-state index contributed by atoms with van der Waals surface area (Å²) in [4.78, 5) is 4.69. The third-order valence-electron chi connectivity index (χ3n) is 3.09. The molecule has 0 saturated heterocycles. The number of nitrogens with zero attached hydrogens (tertiary/aromatic N) is 1. The maximum atomic E-state index is 4.69. The summed E-state index contributed by atoms with van der Waals surface area (Å²) in [6.45, 7) is 8.98. The quantitative estimate of drug-likeness (QED) is 0.717. The topological polar surface area (TPSA) is 12.4 Å². The van der Waals surface area contributed by atoms with Crippen LogP contribution in [-0.4, -0.2) is 5.71 Å². The monoisotopic (exact) mass is 215 g/mol. The summed E-state index contributed by atoms with van der Waals surface area (Å²) in [5.41, 5.74) is 5.39. The lowest BCUT2D eigenvalue weighted by Gasteiger charge is -2.06. The van der Waals surface area contributed by atoms with E-state index < -0.39 is 0 Å². The predicted octanol–water partition coefficient (Wildman–Crippen LogP) is 4.17. The van der Waals surface area contributed by atoms with Crippen LogP contribution in [0.25, 0.3) is 0 Å². The lowest BCUT2D eigenvalue weighted by Crippen LogP contribution is -2.06. The number of hydrogen-bond acceptors (Lipinski definition) is 1. The van der Waals surface area contributed by atoms with Crippen molar-refractivity contribution in [2.45, 2.75) is 40.5 Å². The Hall–Kier alpha value is -1.11. The Morgan fingerprint density at radius 3 is 2.56 bits per heavy atom. The number of benzene rings is 1. The highest BCUT2D eigenvalue weighted by Gasteiger charge is 2.17. The molecular weight excluding hydrogens is 194 g/mol. The molecule has 0 aliphatic carbocycles. The summed E-state index contributed by atoms with van der Waals surface area (Å²) in [5.74, 6) is 1.30. The summed E-state index contributed by atoms with van der Waals surface area (Å²) in [7, 11) is 0. The zero-order chi connectivity index (χ0) is 11.7. The molecule has 0 atom stereocenters. The minimum Gasteiger partial charge on any atom is -0.257 e. The molecule has 0 radical (unpaired) electrons. The van der Waals surface area contributed by atoms with Gasteiger partial charge in [-0.1, -0.05) is 39.8 Å². The lowest BCUT2D eigenvalue weighted by molar-refractivity contribution is 0.647. The standard InChI is InChI=1S/C15H21N/c1-10(2)7-12-5-6-14-13(8-12)9-15(16-14)11(3)4/h5-6,8,10-11H,7,9H2,1-4H3. The third kappa shape index (κ3) is 2.34. The first-order valence-electron chi connectivity index (χ1n) is 6.25. The Kier molecular flexibility index (Phi) is 3.13. The van der Waals surface area contributed by atoms with Crippen molar-refractivity contribution in [3.05, 3.63) is 29.3 Å². The van der Waals surface area contributed by atoms with Gasteiger partial charge in [0.25, 0.3) is 0 Å². The highest BCUT2D eigenvalue weighted by Crippen LogP contribution is 2.30. The molecule has 0 spiro atoms. The molecular formula is C15H21N. The summed E-state index contributed by atoms with van der Waals surface area (Å²) in [5, 5.41) is 0. The van der Waals surface area contributed by atoms with E-state index in [0.717, 1.165) is 12.3 Å². The second-order valence-electron chi connectivity index (χ2n) is 5.50. The van der Waals surface area contributed by atoms with Crippen LogP contribution in [-0.2, 0) is 12.8 Å². The fraction of sp³-hybridized carbons (Fsp3) is 0.533. The van der Waals surface area contributed by atoms with Gasteiger partial charge in [-0.2, -0.15) is 0 Å². The average Bonchev–Trinajstić information content (AvgIpc) is 2.59. The van der Waals surface area contributed by atoms with Crippen molar-refractivity contribution in [2.75, 3.05) is 0 Å². The Labute approximate surface area is 98.6 Å². The lowest BCUT2D eigenvalue weighted by atomic mass is 9.97.